The molecule has 0 bridgehead atoms. The van der Waals surface area contributed by atoms with Gasteiger partial charge in [0.05, 0.1) is 10.6 Å². The Morgan fingerprint density at radius 1 is 1.13 bits per heavy atom. The second kappa shape index (κ2) is 9.88. The Bertz CT molecular complexity index is 1110. The molecular weight excluding hydrogens is 438 g/mol. The first kappa shape index (κ1) is 21.9. The average Bonchev–Trinajstić information content (AvgIpc) is 3.46. The van der Waals surface area contributed by atoms with Gasteiger partial charge in [0.2, 0.25) is 15.9 Å². The smallest absolute Gasteiger partial charge is 0.277 e. The molecule has 4 rings (SSSR count). The SMILES string of the molecule is CCCCn1nnnc1CSc1nnc(-c2cccc(S(=O)(=O)N3CCCCC3)c2)o1. The highest BCUT2D eigenvalue weighted by Crippen LogP contribution is 2.28. The molecule has 0 saturated carbocycles. The van der Waals surface area contributed by atoms with E-state index >= 15 is 0 Å². The van der Waals surface area contributed by atoms with E-state index in [0.29, 0.717) is 29.6 Å². The van der Waals surface area contributed by atoms with Crippen molar-refractivity contribution in [3.05, 3.63) is 30.1 Å². The Kier molecular flexibility index (Phi) is 6.98. The van der Waals surface area contributed by atoms with Gasteiger partial charge in [0.1, 0.15) is 0 Å². The molecule has 2 aromatic heterocycles. The van der Waals surface area contributed by atoms with Crippen molar-refractivity contribution in [2.45, 2.75) is 61.4 Å². The van der Waals surface area contributed by atoms with Crippen molar-refractivity contribution in [2.75, 3.05) is 13.1 Å². The summed E-state index contributed by atoms with van der Waals surface area (Å²) in [5, 5.41) is 20.3. The lowest BCUT2D eigenvalue weighted by Crippen LogP contribution is -2.35. The lowest BCUT2D eigenvalue weighted by molar-refractivity contribution is 0.346. The number of hydrogen-bond donors (Lipinski definition) is 0. The summed E-state index contributed by atoms with van der Waals surface area (Å²) in [6, 6.07) is 6.67. The van der Waals surface area contributed by atoms with Crippen molar-refractivity contribution in [1.82, 2.24) is 34.7 Å². The van der Waals surface area contributed by atoms with Crippen LogP contribution in [0, 0.1) is 0 Å². The first-order chi connectivity index (χ1) is 15.1. The van der Waals surface area contributed by atoms with Crippen LogP contribution in [0.25, 0.3) is 11.5 Å². The highest BCUT2D eigenvalue weighted by Gasteiger charge is 2.26. The van der Waals surface area contributed by atoms with Crippen LogP contribution in [0.15, 0.2) is 38.8 Å². The second-order valence-electron chi connectivity index (χ2n) is 7.33. The van der Waals surface area contributed by atoms with E-state index in [-0.39, 0.29) is 10.8 Å². The highest BCUT2D eigenvalue weighted by atomic mass is 32.2. The largest absolute Gasteiger partial charge is 0.411 e. The predicted molar refractivity (Wildman–Crippen MR) is 115 cm³/mol. The minimum Gasteiger partial charge on any atom is -0.411 e. The van der Waals surface area contributed by atoms with E-state index in [1.807, 2.05) is 0 Å². The number of hydrogen-bond acceptors (Lipinski definition) is 9. The summed E-state index contributed by atoms with van der Waals surface area (Å²) in [5.41, 5.74) is 0.574. The molecule has 31 heavy (non-hydrogen) atoms. The fourth-order valence-corrected chi connectivity index (χ4v) is 5.62. The lowest BCUT2D eigenvalue weighted by Gasteiger charge is -2.25. The van der Waals surface area contributed by atoms with E-state index in [2.05, 4.69) is 32.6 Å². The number of aryl methyl sites for hydroxylation is 1. The number of tetrazole rings is 1. The van der Waals surface area contributed by atoms with Crippen LogP contribution in [0.2, 0.25) is 0 Å². The molecule has 3 aromatic rings. The summed E-state index contributed by atoms with van der Waals surface area (Å²) in [6.07, 6.45) is 4.92. The number of aromatic nitrogens is 6. The third-order valence-corrected chi connectivity index (χ3v) is 7.80. The first-order valence-corrected chi connectivity index (χ1v) is 12.8. The number of sulfonamides is 1. The summed E-state index contributed by atoms with van der Waals surface area (Å²) in [4.78, 5) is 0.245. The molecule has 166 valence electrons. The van der Waals surface area contributed by atoms with Crippen molar-refractivity contribution in [3.63, 3.8) is 0 Å². The lowest BCUT2D eigenvalue weighted by atomic mass is 10.2. The van der Waals surface area contributed by atoms with Gasteiger partial charge in [-0.1, -0.05) is 37.6 Å². The maximum Gasteiger partial charge on any atom is 0.277 e. The van der Waals surface area contributed by atoms with Crippen LogP contribution in [0.5, 0.6) is 0 Å². The van der Waals surface area contributed by atoms with Gasteiger partial charge in [-0.2, -0.15) is 4.31 Å². The number of thioether (sulfide) groups is 1. The maximum atomic E-state index is 13.0. The molecule has 0 aliphatic carbocycles. The van der Waals surface area contributed by atoms with Crippen LogP contribution in [0.3, 0.4) is 0 Å². The van der Waals surface area contributed by atoms with Crippen molar-refractivity contribution in [3.8, 4) is 11.5 Å². The van der Waals surface area contributed by atoms with E-state index in [9.17, 15) is 8.42 Å². The maximum absolute atomic E-state index is 13.0. The molecule has 12 heteroatoms. The molecule has 1 fully saturated rings. The molecule has 1 aliphatic rings. The Morgan fingerprint density at radius 3 is 2.77 bits per heavy atom. The molecule has 0 spiro atoms. The molecule has 0 atom stereocenters. The van der Waals surface area contributed by atoms with Gasteiger partial charge in [0, 0.05) is 25.2 Å². The van der Waals surface area contributed by atoms with Gasteiger partial charge in [-0.3, -0.25) is 0 Å². The van der Waals surface area contributed by atoms with Gasteiger partial charge in [-0.15, -0.1) is 15.3 Å². The van der Waals surface area contributed by atoms with Gasteiger partial charge in [-0.05, 0) is 47.9 Å². The molecule has 0 N–H and O–H groups in total. The molecular formula is C19H25N7O3S2. The second-order valence-corrected chi connectivity index (χ2v) is 10.2. The predicted octanol–water partition coefficient (Wildman–Crippen LogP) is 2.99. The molecule has 10 nitrogen and oxygen atoms in total. The van der Waals surface area contributed by atoms with Crippen molar-refractivity contribution < 1.29 is 12.8 Å². The van der Waals surface area contributed by atoms with E-state index < -0.39 is 10.0 Å². The Balaban J connectivity index is 1.46. The molecule has 1 aromatic carbocycles. The zero-order valence-electron chi connectivity index (χ0n) is 17.3. The minimum absolute atomic E-state index is 0.245. The molecule has 0 radical (unpaired) electrons. The van der Waals surface area contributed by atoms with E-state index in [1.165, 1.54) is 11.8 Å². The number of benzene rings is 1. The summed E-state index contributed by atoms with van der Waals surface area (Å²) in [6.45, 7) is 4.01. The zero-order valence-corrected chi connectivity index (χ0v) is 19.0. The monoisotopic (exact) mass is 463 g/mol. The molecule has 1 aliphatic heterocycles. The fraction of sp³-hybridized carbons (Fsp3) is 0.526. The summed E-state index contributed by atoms with van der Waals surface area (Å²) in [5.74, 6) is 1.53. The first-order valence-electron chi connectivity index (χ1n) is 10.4. The van der Waals surface area contributed by atoms with Gasteiger partial charge in [0.15, 0.2) is 5.82 Å². The number of nitrogens with zero attached hydrogens (tertiary/aromatic N) is 7. The van der Waals surface area contributed by atoms with E-state index in [4.69, 9.17) is 4.42 Å². The van der Waals surface area contributed by atoms with E-state index in [1.54, 1.807) is 33.3 Å². The quantitative estimate of drug-likeness (QED) is 0.441. The minimum atomic E-state index is -3.52. The van der Waals surface area contributed by atoms with Gasteiger partial charge in [0.25, 0.3) is 5.22 Å². The van der Waals surface area contributed by atoms with Crippen LogP contribution in [-0.4, -0.2) is 56.2 Å². The summed E-state index contributed by atoms with van der Waals surface area (Å²) in [7, 11) is -3.52. The van der Waals surface area contributed by atoms with Crippen LogP contribution in [0.1, 0.15) is 44.9 Å². The third kappa shape index (κ3) is 5.13. The summed E-state index contributed by atoms with van der Waals surface area (Å²) < 4.78 is 35.0. The van der Waals surface area contributed by atoms with Crippen molar-refractivity contribution in [2.24, 2.45) is 0 Å². The molecule has 1 saturated heterocycles. The van der Waals surface area contributed by atoms with Crippen LogP contribution in [0.4, 0.5) is 0 Å². The van der Waals surface area contributed by atoms with Gasteiger partial charge >= 0.3 is 0 Å². The average molecular weight is 464 g/mol. The molecule has 0 amide bonds. The van der Waals surface area contributed by atoms with Crippen LogP contribution >= 0.6 is 11.8 Å². The van der Waals surface area contributed by atoms with Gasteiger partial charge < -0.3 is 4.42 Å². The number of unbranched alkanes of at least 4 members (excludes halogenated alkanes) is 1. The Hall–Kier alpha value is -2.31. The Labute approximate surface area is 185 Å². The van der Waals surface area contributed by atoms with Gasteiger partial charge in [-0.25, -0.2) is 13.1 Å². The zero-order chi connectivity index (χ0) is 21.7. The van der Waals surface area contributed by atoms with E-state index in [0.717, 1.165) is 44.5 Å². The Morgan fingerprint density at radius 2 is 1.97 bits per heavy atom. The molecule has 0 unspecified atom stereocenters. The number of piperidine rings is 1. The topological polar surface area (TPSA) is 120 Å². The standard InChI is InChI=1S/C19H25N7O3S2/c1-2-3-12-26-17(20-23-24-26)14-30-19-22-21-18(29-19)15-8-7-9-16(13-15)31(27,28)25-10-5-4-6-11-25/h7-9,13H,2-6,10-12,14H2,1H3. The molecule has 3 heterocycles. The van der Waals surface area contributed by atoms with Crippen LogP contribution in [-0.2, 0) is 22.3 Å². The number of rotatable bonds is 9. The highest BCUT2D eigenvalue weighted by molar-refractivity contribution is 7.98. The summed E-state index contributed by atoms with van der Waals surface area (Å²) >= 11 is 1.34. The third-order valence-electron chi connectivity index (χ3n) is 5.09. The van der Waals surface area contributed by atoms with Crippen molar-refractivity contribution in [1.29, 1.82) is 0 Å². The normalized spacial score (nSPS) is 15.4. The fourth-order valence-electron chi connectivity index (χ4n) is 3.36. The van der Waals surface area contributed by atoms with Crippen LogP contribution < -0.4 is 0 Å². The van der Waals surface area contributed by atoms with Crippen molar-refractivity contribution >= 4 is 21.8 Å².